The van der Waals surface area contributed by atoms with Gasteiger partial charge in [-0.15, -0.1) is 0 Å². The second-order valence-electron chi connectivity index (χ2n) is 3.11. The molecule has 0 fully saturated rings. The molecule has 0 radical (unpaired) electrons. The third-order valence-corrected chi connectivity index (χ3v) is 1.85. The Morgan fingerprint density at radius 3 is 2.86 bits per heavy atom. The summed E-state index contributed by atoms with van der Waals surface area (Å²) < 4.78 is 6.78. The number of imidazole rings is 1. The van der Waals surface area contributed by atoms with Gasteiger partial charge in [0, 0.05) is 19.4 Å². The Bertz CT molecular complexity index is 430. The highest BCUT2D eigenvalue weighted by Gasteiger charge is 2.14. The molecule has 6 heteroatoms. The summed E-state index contributed by atoms with van der Waals surface area (Å²) in [6.45, 7) is 1.79. The lowest BCUT2D eigenvalue weighted by atomic mass is 10.4. The molecule has 2 aromatic heterocycles. The Kier molecular flexibility index (Phi) is 2.05. The highest BCUT2D eigenvalue weighted by atomic mass is 16.5. The molecule has 2 N–H and O–H groups in total. The molecular formula is C8H11N5O. The Balaban J connectivity index is 2.39. The van der Waals surface area contributed by atoms with Crippen molar-refractivity contribution in [1.82, 2.24) is 19.7 Å². The lowest BCUT2D eigenvalue weighted by Crippen LogP contribution is -2.05. The third kappa shape index (κ3) is 1.39. The summed E-state index contributed by atoms with van der Waals surface area (Å²) in [5.41, 5.74) is 5.60. The summed E-state index contributed by atoms with van der Waals surface area (Å²) in [5.74, 6) is 1.55. The Hall–Kier alpha value is -1.69. The Morgan fingerprint density at radius 1 is 1.57 bits per heavy atom. The van der Waals surface area contributed by atoms with E-state index in [4.69, 9.17) is 10.3 Å². The van der Waals surface area contributed by atoms with Gasteiger partial charge in [0.25, 0.3) is 0 Å². The van der Waals surface area contributed by atoms with Gasteiger partial charge in [0.2, 0.25) is 11.7 Å². The standard InChI is InChI=1S/C8H11N5O/c1-5(9)8-11-6(12-14-8)7-10-3-4-13(7)2/h3-5H,9H2,1-2H3/t5-/m1/s1. The molecular weight excluding hydrogens is 182 g/mol. The molecule has 0 aliphatic rings. The van der Waals surface area contributed by atoms with Crippen LogP contribution >= 0.6 is 0 Å². The molecule has 6 nitrogen and oxygen atoms in total. The van der Waals surface area contributed by atoms with Crippen LogP contribution in [0, 0.1) is 0 Å². The fourth-order valence-electron chi connectivity index (χ4n) is 1.09. The molecule has 0 spiro atoms. The molecule has 1 atom stereocenters. The van der Waals surface area contributed by atoms with Gasteiger partial charge in [0.05, 0.1) is 6.04 Å². The first-order valence-electron chi connectivity index (χ1n) is 4.25. The number of nitrogens with two attached hydrogens (primary N) is 1. The van der Waals surface area contributed by atoms with Crippen molar-refractivity contribution >= 4 is 0 Å². The molecule has 0 aliphatic carbocycles. The normalized spacial score (nSPS) is 13.1. The summed E-state index contributed by atoms with van der Waals surface area (Å²) in [5, 5.41) is 3.79. The van der Waals surface area contributed by atoms with Crippen molar-refractivity contribution in [3.8, 4) is 11.6 Å². The van der Waals surface area contributed by atoms with E-state index in [0.717, 1.165) is 0 Å². The molecule has 0 amide bonds. The minimum atomic E-state index is -0.253. The van der Waals surface area contributed by atoms with Crippen molar-refractivity contribution in [1.29, 1.82) is 0 Å². The van der Waals surface area contributed by atoms with Gasteiger partial charge in [-0.3, -0.25) is 0 Å². The summed E-state index contributed by atoms with van der Waals surface area (Å²) in [6, 6.07) is -0.253. The fourth-order valence-corrected chi connectivity index (χ4v) is 1.09. The van der Waals surface area contributed by atoms with Crippen molar-refractivity contribution in [3.63, 3.8) is 0 Å². The molecule has 2 rings (SSSR count). The number of aryl methyl sites for hydroxylation is 1. The van der Waals surface area contributed by atoms with Crippen LogP contribution in [0.1, 0.15) is 18.9 Å². The average molecular weight is 193 g/mol. The topological polar surface area (TPSA) is 82.8 Å². The molecule has 0 aliphatic heterocycles. The first-order valence-corrected chi connectivity index (χ1v) is 4.25. The Labute approximate surface area is 80.7 Å². The lowest BCUT2D eigenvalue weighted by Gasteiger charge is -1.94. The van der Waals surface area contributed by atoms with Crippen LogP contribution in [0.25, 0.3) is 11.6 Å². The van der Waals surface area contributed by atoms with Gasteiger partial charge in [-0.05, 0) is 6.92 Å². The SMILES string of the molecule is C[C@@H](N)c1nc(-c2nccn2C)no1. The predicted octanol–water partition coefficient (Wildman–Crippen LogP) is 0.490. The minimum absolute atomic E-state index is 0.253. The van der Waals surface area contributed by atoms with Gasteiger partial charge in [-0.2, -0.15) is 4.98 Å². The van der Waals surface area contributed by atoms with Crippen molar-refractivity contribution < 1.29 is 4.52 Å². The van der Waals surface area contributed by atoms with E-state index >= 15 is 0 Å². The van der Waals surface area contributed by atoms with Crippen molar-refractivity contribution in [2.24, 2.45) is 12.8 Å². The van der Waals surface area contributed by atoms with Gasteiger partial charge in [-0.25, -0.2) is 4.98 Å². The average Bonchev–Trinajstić information content (AvgIpc) is 2.71. The van der Waals surface area contributed by atoms with Crippen LogP contribution in [0.5, 0.6) is 0 Å². The first-order chi connectivity index (χ1) is 6.68. The highest BCUT2D eigenvalue weighted by Crippen LogP contribution is 2.14. The van der Waals surface area contributed by atoms with Crippen molar-refractivity contribution in [3.05, 3.63) is 18.3 Å². The zero-order chi connectivity index (χ0) is 10.1. The van der Waals surface area contributed by atoms with E-state index in [1.807, 2.05) is 17.8 Å². The minimum Gasteiger partial charge on any atom is -0.337 e. The molecule has 0 unspecified atom stereocenters. The van der Waals surface area contributed by atoms with Crippen molar-refractivity contribution in [2.45, 2.75) is 13.0 Å². The van der Waals surface area contributed by atoms with E-state index in [0.29, 0.717) is 17.5 Å². The second kappa shape index (κ2) is 3.22. The Morgan fingerprint density at radius 2 is 2.36 bits per heavy atom. The smallest absolute Gasteiger partial charge is 0.243 e. The van der Waals surface area contributed by atoms with E-state index in [1.165, 1.54) is 0 Å². The van der Waals surface area contributed by atoms with Crippen LogP contribution in [0.15, 0.2) is 16.9 Å². The molecule has 14 heavy (non-hydrogen) atoms. The van der Waals surface area contributed by atoms with E-state index in [9.17, 15) is 0 Å². The van der Waals surface area contributed by atoms with Gasteiger partial charge in [0.15, 0.2) is 5.82 Å². The summed E-state index contributed by atoms with van der Waals surface area (Å²) in [7, 11) is 1.87. The zero-order valence-electron chi connectivity index (χ0n) is 8.01. The maximum atomic E-state index is 5.60. The number of rotatable bonds is 2. The monoisotopic (exact) mass is 193 g/mol. The molecule has 74 valence electrons. The van der Waals surface area contributed by atoms with Gasteiger partial charge in [0.1, 0.15) is 0 Å². The van der Waals surface area contributed by atoms with E-state index in [-0.39, 0.29) is 6.04 Å². The van der Waals surface area contributed by atoms with Crippen LogP contribution in [-0.2, 0) is 7.05 Å². The summed E-state index contributed by atoms with van der Waals surface area (Å²) in [4.78, 5) is 8.22. The van der Waals surface area contributed by atoms with E-state index < -0.39 is 0 Å². The largest absolute Gasteiger partial charge is 0.337 e. The molecule has 0 saturated carbocycles. The van der Waals surface area contributed by atoms with Gasteiger partial charge < -0.3 is 14.8 Å². The van der Waals surface area contributed by atoms with Crippen LogP contribution in [0.3, 0.4) is 0 Å². The van der Waals surface area contributed by atoms with Crippen LogP contribution < -0.4 is 5.73 Å². The summed E-state index contributed by atoms with van der Waals surface area (Å²) >= 11 is 0. The van der Waals surface area contributed by atoms with Gasteiger partial charge in [-0.1, -0.05) is 5.16 Å². The third-order valence-electron chi connectivity index (χ3n) is 1.85. The number of aromatic nitrogens is 4. The molecule has 2 heterocycles. The number of hydrogen-bond donors (Lipinski definition) is 1. The van der Waals surface area contributed by atoms with Crippen molar-refractivity contribution in [2.75, 3.05) is 0 Å². The number of nitrogens with zero attached hydrogens (tertiary/aromatic N) is 4. The van der Waals surface area contributed by atoms with Crippen LogP contribution in [0.4, 0.5) is 0 Å². The molecule has 2 aromatic rings. The maximum Gasteiger partial charge on any atom is 0.243 e. The molecule has 0 aromatic carbocycles. The van der Waals surface area contributed by atoms with Crippen LogP contribution in [0.2, 0.25) is 0 Å². The van der Waals surface area contributed by atoms with Gasteiger partial charge >= 0.3 is 0 Å². The number of hydrogen-bond acceptors (Lipinski definition) is 5. The van der Waals surface area contributed by atoms with E-state index in [1.54, 1.807) is 13.1 Å². The highest BCUT2D eigenvalue weighted by molar-refractivity contribution is 5.42. The first kappa shape index (κ1) is 8.89. The fraction of sp³-hybridized carbons (Fsp3) is 0.375. The predicted molar refractivity (Wildman–Crippen MR) is 49.1 cm³/mol. The maximum absolute atomic E-state index is 5.60. The quantitative estimate of drug-likeness (QED) is 0.750. The second-order valence-corrected chi connectivity index (χ2v) is 3.11. The molecule has 0 saturated heterocycles. The lowest BCUT2D eigenvalue weighted by molar-refractivity contribution is 0.361. The van der Waals surface area contributed by atoms with E-state index in [2.05, 4.69) is 15.1 Å². The summed E-state index contributed by atoms with van der Waals surface area (Å²) in [6.07, 6.45) is 3.49. The molecule has 0 bridgehead atoms. The van der Waals surface area contributed by atoms with Crippen LogP contribution in [-0.4, -0.2) is 19.7 Å². The zero-order valence-corrected chi connectivity index (χ0v) is 8.01.